The van der Waals surface area contributed by atoms with Gasteiger partial charge in [0.1, 0.15) is 24.8 Å². The van der Waals surface area contributed by atoms with Gasteiger partial charge in [-0.3, -0.25) is 0 Å². The molecule has 0 atom stereocenters. The second-order valence-electron chi connectivity index (χ2n) is 13.9. The van der Waals surface area contributed by atoms with Gasteiger partial charge in [0.25, 0.3) is 11.6 Å². The summed E-state index contributed by atoms with van der Waals surface area (Å²) in [5.41, 5.74) is 0. The van der Waals surface area contributed by atoms with Crippen LogP contribution < -0.4 is 9.13 Å². The summed E-state index contributed by atoms with van der Waals surface area (Å²) >= 11 is 0. The number of aromatic nitrogens is 4. The van der Waals surface area contributed by atoms with E-state index in [9.17, 15) is 0 Å². The number of hydrogen-bond acceptors (Lipinski definition) is 0. The Hall–Kier alpha value is -1.58. The van der Waals surface area contributed by atoms with E-state index in [0.29, 0.717) is 0 Å². The molecule has 0 radical (unpaired) electrons. The van der Waals surface area contributed by atoms with E-state index in [0.717, 1.165) is 0 Å². The largest absolute Gasteiger partial charge is 0.253 e. The van der Waals surface area contributed by atoms with Gasteiger partial charge in [-0.25, -0.2) is 18.3 Å². The van der Waals surface area contributed by atoms with E-state index in [4.69, 9.17) is 0 Å². The van der Waals surface area contributed by atoms with Crippen LogP contribution >= 0.6 is 0 Å². The highest BCUT2D eigenvalue weighted by molar-refractivity contribution is 4.80. The Labute approximate surface area is 275 Å². The van der Waals surface area contributed by atoms with Crippen molar-refractivity contribution < 1.29 is 9.13 Å². The van der Waals surface area contributed by atoms with Gasteiger partial charge in [-0.2, -0.15) is 0 Å². The predicted octanol–water partition coefficient (Wildman–Crippen LogP) is 11.4. The maximum Gasteiger partial charge on any atom is 0.253 e. The van der Waals surface area contributed by atoms with Gasteiger partial charge < -0.3 is 0 Å². The summed E-state index contributed by atoms with van der Waals surface area (Å²) in [7, 11) is 0. The van der Waals surface area contributed by atoms with Crippen LogP contribution in [0.1, 0.15) is 192 Å². The van der Waals surface area contributed by atoms with Crippen LogP contribution in [0.5, 0.6) is 0 Å². The highest BCUT2D eigenvalue weighted by Gasteiger charge is 2.12. The summed E-state index contributed by atoms with van der Waals surface area (Å²) < 4.78 is 9.92. The van der Waals surface area contributed by atoms with Crippen LogP contribution in [0.15, 0.2) is 24.8 Å². The second kappa shape index (κ2) is 26.6. The van der Waals surface area contributed by atoms with E-state index in [1.165, 1.54) is 205 Å². The van der Waals surface area contributed by atoms with Crippen LogP contribution in [-0.2, 0) is 26.2 Å². The lowest BCUT2D eigenvalue weighted by Crippen LogP contribution is -2.35. The number of hydrogen-bond donors (Lipinski definition) is 0. The Morgan fingerprint density at radius 1 is 0.386 bits per heavy atom. The van der Waals surface area contributed by atoms with Crippen LogP contribution in [0.3, 0.4) is 0 Å². The van der Waals surface area contributed by atoms with Crippen LogP contribution in [0, 0.1) is 13.8 Å². The van der Waals surface area contributed by atoms with Crippen molar-refractivity contribution in [2.75, 3.05) is 0 Å². The molecular weight excluding hydrogens is 536 g/mol. The molecule has 0 aromatic carbocycles. The van der Waals surface area contributed by atoms with Crippen molar-refractivity contribution in [1.29, 1.82) is 0 Å². The average molecular weight is 613 g/mol. The van der Waals surface area contributed by atoms with Crippen molar-refractivity contribution >= 4 is 0 Å². The van der Waals surface area contributed by atoms with Crippen molar-refractivity contribution in [3.63, 3.8) is 0 Å². The summed E-state index contributed by atoms with van der Waals surface area (Å²) in [6.45, 7) is 14.0. The van der Waals surface area contributed by atoms with Crippen molar-refractivity contribution in [2.24, 2.45) is 0 Å². The zero-order valence-electron chi connectivity index (χ0n) is 30.3. The molecule has 0 amide bonds. The van der Waals surface area contributed by atoms with Crippen LogP contribution in [0.25, 0.3) is 0 Å². The van der Waals surface area contributed by atoms with Gasteiger partial charge in [-0.1, -0.05) is 129 Å². The first-order valence-corrected chi connectivity index (χ1v) is 19.8. The molecular formula is C40H76N4+2. The summed E-state index contributed by atoms with van der Waals surface area (Å²) in [5.74, 6) is 2.88. The standard InChI is InChI=1S/C40H76N4/c1-5-7-9-11-13-19-23-27-31-41-35-37-43(39(41)3)33-29-25-21-17-15-16-18-22-26-30-34-44-38-36-42(40(44)4)32-28-24-20-14-12-10-8-6-2/h35-38H,5-34H2,1-4H3/q+2. The summed E-state index contributed by atoms with van der Waals surface area (Å²) in [4.78, 5) is 0. The van der Waals surface area contributed by atoms with Crippen LogP contribution in [0.2, 0.25) is 0 Å². The summed E-state index contributed by atoms with van der Waals surface area (Å²) in [6, 6.07) is 0. The molecule has 4 heteroatoms. The Morgan fingerprint density at radius 3 is 0.977 bits per heavy atom. The van der Waals surface area contributed by atoms with Gasteiger partial charge in [-0.15, -0.1) is 0 Å². The summed E-state index contributed by atoms with van der Waals surface area (Å²) in [6.07, 6.45) is 45.5. The molecule has 0 spiro atoms. The van der Waals surface area contributed by atoms with Crippen LogP contribution in [0.4, 0.5) is 0 Å². The molecule has 254 valence electrons. The lowest BCUT2D eigenvalue weighted by Gasteiger charge is -2.04. The molecule has 4 nitrogen and oxygen atoms in total. The lowest BCUT2D eigenvalue weighted by molar-refractivity contribution is -0.703. The first-order chi connectivity index (χ1) is 21.7. The number of imidazole rings is 2. The molecule has 0 aliphatic heterocycles. The van der Waals surface area contributed by atoms with Gasteiger partial charge in [0, 0.05) is 13.8 Å². The Morgan fingerprint density at radius 2 is 0.659 bits per heavy atom. The van der Waals surface area contributed by atoms with Crippen LogP contribution in [-0.4, -0.2) is 9.13 Å². The maximum absolute atomic E-state index is 2.48. The Balaban J connectivity index is 1.38. The third-order valence-corrected chi connectivity index (χ3v) is 10.1. The maximum atomic E-state index is 2.48. The Bertz CT molecular complexity index is 836. The molecule has 2 aromatic rings. The summed E-state index contributed by atoms with van der Waals surface area (Å²) in [5, 5.41) is 0. The highest BCUT2D eigenvalue weighted by atomic mass is 15.1. The smallest absolute Gasteiger partial charge is 0.234 e. The molecule has 0 aliphatic rings. The van der Waals surface area contributed by atoms with Crippen molar-refractivity contribution in [1.82, 2.24) is 9.13 Å². The van der Waals surface area contributed by atoms with E-state index < -0.39 is 0 Å². The minimum Gasteiger partial charge on any atom is -0.234 e. The van der Waals surface area contributed by atoms with Gasteiger partial charge in [0.05, 0.1) is 26.2 Å². The zero-order valence-corrected chi connectivity index (χ0v) is 30.3. The predicted molar refractivity (Wildman–Crippen MR) is 190 cm³/mol. The minimum absolute atomic E-state index is 1.19. The Kier molecular flexibility index (Phi) is 23.4. The number of unbranched alkanes of at least 4 members (excludes halogenated alkanes) is 23. The molecule has 0 saturated carbocycles. The fourth-order valence-corrected chi connectivity index (χ4v) is 6.84. The van der Waals surface area contributed by atoms with Gasteiger partial charge in [0.15, 0.2) is 0 Å². The number of nitrogens with zero attached hydrogens (tertiary/aromatic N) is 4. The topological polar surface area (TPSA) is 17.6 Å². The molecule has 0 unspecified atom stereocenters. The van der Waals surface area contributed by atoms with E-state index in [-0.39, 0.29) is 0 Å². The average Bonchev–Trinajstić information content (AvgIpc) is 3.56. The molecule has 0 aliphatic carbocycles. The molecule has 2 heterocycles. The van der Waals surface area contributed by atoms with E-state index in [1.54, 1.807) is 0 Å². The third-order valence-electron chi connectivity index (χ3n) is 10.1. The lowest BCUT2D eigenvalue weighted by atomic mass is 10.1. The molecule has 2 aromatic heterocycles. The fourth-order valence-electron chi connectivity index (χ4n) is 6.84. The first kappa shape index (κ1) is 38.6. The van der Waals surface area contributed by atoms with Gasteiger partial charge in [0.2, 0.25) is 0 Å². The first-order valence-electron chi connectivity index (χ1n) is 19.8. The third kappa shape index (κ3) is 17.8. The molecule has 0 bridgehead atoms. The monoisotopic (exact) mass is 613 g/mol. The minimum atomic E-state index is 1.19. The molecule has 44 heavy (non-hydrogen) atoms. The number of rotatable bonds is 31. The second-order valence-corrected chi connectivity index (χ2v) is 13.9. The van der Waals surface area contributed by atoms with Crippen molar-refractivity contribution in [3.05, 3.63) is 36.4 Å². The quantitative estimate of drug-likeness (QED) is 0.0595. The van der Waals surface area contributed by atoms with Gasteiger partial charge >= 0.3 is 0 Å². The molecule has 0 saturated heterocycles. The zero-order chi connectivity index (χ0) is 31.5. The van der Waals surface area contributed by atoms with E-state index in [2.05, 4.69) is 70.8 Å². The molecule has 0 fully saturated rings. The van der Waals surface area contributed by atoms with Gasteiger partial charge in [-0.05, 0) is 51.4 Å². The van der Waals surface area contributed by atoms with E-state index in [1.807, 2.05) is 0 Å². The SMILES string of the molecule is CCCCCCCCCCn1cc[n+](CCCCCCCCCCCC[n+]2ccn(CCCCCCCCCC)c2C)c1C. The number of aryl methyl sites for hydroxylation is 4. The highest BCUT2D eigenvalue weighted by Crippen LogP contribution is 2.13. The van der Waals surface area contributed by atoms with Crippen molar-refractivity contribution in [2.45, 2.75) is 221 Å². The molecule has 0 N–H and O–H groups in total. The fraction of sp³-hybridized carbons (Fsp3) is 0.850. The van der Waals surface area contributed by atoms with Crippen molar-refractivity contribution in [3.8, 4) is 0 Å². The normalized spacial score (nSPS) is 11.6. The van der Waals surface area contributed by atoms with E-state index >= 15 is 0 Å². The molecule has 2 rings (SSSR count).